The summed E-state index contributed by atoms with van der Waals surface area (Å²) in [5, 5.41) is 0.0382. The van der Waals surface area contributed by atoms with Crippen LogP contribution >= 0.6 is 46.4 Å². The molecule has 1 rings (SSSR count). The van der Waals surface area contributed by atoms with Gasteiger partial charge in [0.15, 0.2) is 3.79 Å². The van der Waals surface area contributed by atoms with E-state index >= 15 is 0 Å². The topological polar surface area (TPSA) is 0 Å². The van der Waals surface area contributed by atoms with Gasteiger partial charge in [-0.1, -0.05) is 47.6 Å². The molecule has 1 aliphatic carbocycles. The van der Waals surface area contributed by atoms with E-state index in [4.69, 9.17) is 46.4 Å². The lowest BCUT2D eigenvalue weighted by Crippen LogP contribution is -2.31. The van der Waals surface area contributed by atoms with Crippen LogP contribution in [0.15, 0.2) is 0 Å². The summed E-state index contributed by atoms with van der Waals surface area (Å²) < 4.78 is -1.17. The maximum atomic E-state index is 6.01. The minimum atomic E-state index is -1.17. The Kier molecular flexibility index (Phi) is 3.64. The van der Waals surface area contributed by atoms with Crippen LogP contribution in [0.25, 0.3) is 0 Å². The van der Waals surface area contributed by atoms with Crippen LogP contribution in [0.5, 0.6) is 0 Å². The van der Waals surface area contributed by atoms with Crippen LogP contribution in [-0.2, 0) is 0 Å². The molecule has 1 saturated carbocycles. The van der Waals surface area contributed by atoms with E-state index in [1.807, 2.05) is 0 Å². The second-order valence-electron chi connectivity index (χ2n) is 2.95. The molecule has 0 aliphatic heterocycles. The van der Waals surface area contributed by atoms with Crippen molar-refractivity contribution in [3.63, 3.8) is 0 Å². The van der Waals surface area contributed by atoms with E-state index in [1.54, 1.807) is 0 Å². The molecule has 4 heteroatoms. The number of rotatable bonds is 0. The molecule has 0 amide bonds. The van der Waals surface area contributed by atoms with Crippen molar-refractivity contribution in [2.24, 2.45) is 5.92 Å². The average Bonchev–Trinajstić information content (AvgIpc) is 1.86. The molecule has 0 saturated heterocycles. The number of hydrogen-bond acceptors (Lipinski definition) is 0. The van der Waals surface area contributed by atoms with Gasteiger partial charge in [-0.25, -0.2) is 0 Å². The van der Waals surface area contributed by atoms with Gasteiger partial charge in [0.1, 0.15) is 0 Å². The highest BCUT2D eigenvalue weighted by Gasteiger charge is 2.38. The Morgan fingerprint density at radius 1 is 1.00 bits per heavy atom. The van der Waals surface area contributed by atoms with Gasteiger partial charge in [0, 0.05) is 11.3 Å². The van der Waals surface area contributed by atoms with E-state index in [0.717, 1.165) is 25.7 Å². The molecule has 0 aromatic heterocycles. The molecule has 0 aromatic carbocycles. The maximum absolute atomic E-state index is 6.01. The molecular formula is C7H10Cl4. The van der Waals surface area contributed by atoms with Crippen LogP contribution in [0, 0.1) is 5.92 Å². The molecule has 1 fully saturated rings. The molecule has 0 heterocycles. The Morgan fingerprint density at radius 2 is 1.55 bits per heavy atom. The zero-order valence-corrected chi connectivity index (χ0v) is 9.02. The summed E-state index contributed by atoms with van der Waals surface area (Å²) >= 11 is 23.3. The van der Waals surface area contributed by atoms with Crippen LogP contribution in [0.3, 0.4) is 0 Å². The fourth-order valence-electron chi connectivity index (χ4n) is 1.45. The summed E-state index contributed by atoms with van der Waals surface area (Å²) in [6, 6.07) is 0. The van der Waals surface area contributed by atoms with Crippen molar-refractivity contribution in [3.8, 4) is 0 Å². The normalized spacial score (nSPS) is 33.8. The Bertz CT molecular complexity index is 129. The SMILES string of the molecule is Cl[C@H]1CCCC[C@@H]1C(Cl)(Cl)Cl. The fourth-order valence-corrected chi connectivity index (χ4v) is 2.90. The van der Waals surface area contributed by atoms with Crippen molar-refractivity contribution < 1.29 is 0 Å². The maximum Gasteiger partial charge on any atom is 0.194 e. The molecule has 0 unspecified atom stereocenters. The molecule has 1 aliphatic rings. The van der Waals surface area contributed by atoms with Gasteiger partial charge in [-0.05, 0) is 12.8 Å². The molecule has 11 heavy (non-hydrogen) atoms. The lowest BCUT2D eigenvalue weighted by molar-refractivity contribution is 0.370. The van der Waals surface area contributed by atoms with Gasteiger partial charge in [0.25, 0.3) is 0 Å². The van der Waals surface area contributed by atoms with Gasteiger partial charge in [0.2, 0.25) is 0 Å². The predicted octanol–water partition coefficient (Wildman–Crippen LogP) is 4.15. The summed E-state index contributed by atoms with van der Waals surface area (Å²) in [6.07, 6.45) is 4.19. The predicted molar refractivity (Wildman–Crippen MR) is 51.9 cm³/mol. The highest BCUT2D eigenvalue weighted by atomic mass is 35.6. The van der Waals surface area contributed by atoms with Gasteiger partial charge in [0.05, 0.1) is 0 Å². The summed E-state index contributed by atoms with van der Waals surface area (Å²) in [5.74, 6) is 0.0305. The Hall–Kier alpha value is 1.16. The minimum absolute atomic E-state index is 0.0305. The van der Waals surface area contributed by atoms with E-state index in [9.17, 15) is 0 Å². The van der Waals surface area contributed by atoms with E-state index < -0.39 is 3.79 Å². The number of halogens is 4. The monoisotopic (exact) mass is 234 g/mol. The molecule has 0 spiro atoms. The largest absolute Gasteiger partial charge is 0.194 e. The van der Waals surface area contributed by atoms with E-state index in [1.165, 1.54) is 0 Å². The van der Waals surface area contributed by atoms with E-state index in [-0.39, 0.29) is 11.3 Å². The third-order valence-corrected chi connectivity index (χ3v) is 3.47. The summed E-state index contributed by atoms with van der Waals surface area (Å²) in [5.41, 5.74) is 0. The summed E-state index contributed by atoms with van der Waals surface area (Å²) in [4.78, 5) is 0. The first kappa shape index (κ1) is 10.2. The van der Waals surface area contributed by atoms with Crippen LogP contribution in [-0.4, -0.2) is 9.17 Å². The van der Waals surface area contributed by atoms with Crippen molar-refractivity contribution in [2.75, 3.05) is 0 Å². The molecule has 66 valence electrons. The highest BCUT2D eigenvalue weighted by molar-refractivity contribution is 6.67. The third-order valence-electron chi connectivity index (χ3n) is 2.10. The Morgan fingerprint density at radius 3 is 1.91 bits per heavy atom. The van der Waals surface area contributed by atoms with E-state index in [2.05, 4.69) is 0 Å². The fraction of sp³-hybridized carbons (Fsp3) is 1.00. The first-order valence-electron chi connectivity index (χ1n) is 3.72. The van der Waals surface area contributed by atoms with Crippen LogP contribution < -0.4 is 0 Å². The van der Waals surface area contributed by atoms with Gasteiger partial charge in [-0.15, -0.1) is 11.6 Å². The minimum Gasteiger partial charge on any atom is -0.123 e. The molecule has 0 N–H and O–H groups in total. The van der Waals surface area contributed by atoms with Crippen molar-refractivity contribution in [2.45, 2.75) is 34.9 Å². The zero-order chi connectivity index (χ0) is 8.48. The molecule has 0 radical (unpaired) electrons. The third kappa shape index (κ3) is 2.84. The van der Waals surface area contributed by atoms with Gasteiger partial charge < -0.3 is 0 Å². The number of hydrogen-bond donors (Lipinski definition) is 0. The van der Waals surface area contributed by atoms with Crippen molar-refractivity contribution in [1.29, 1.82) is 0 Å². The quantitative estimate of drug-likeness (QED) is 0.554. The summed E-state index contributed by atoms with van der Waals surface area (Å²) in [7, 11) is 0. The first-order chi connectivity index (χ1) is 5.02. The number of alkyl halides is 4. The average molecular weight is 236 g/mol. The van der Waals surface area contributed by atoms with Crippen LogP contribution in [0.1, 0.15) is 25.7 Å². The molecular weight excluding hydrogens is 226 g/mol. The lowest BCUT2D eigenvalue weighted by Gasteiger charge is -2.32. The standard InChI is InChI=1S/C7H10Cl4/c8-6-4-2-1-3-5(6)7(9,10)11/h5-6H,1-4H2/t5-,6-/m0/s1. The molecule has 0 aromatic rings. The van der Waals surface area contributed by atoms with Crippen molar-refractivity contribution in [1.82, 2.24) is 0 Å². The Labute approximate surface area is 87.1 Å². The van der Waals surface area contributed by atoms with E-state index in [0.29, 0.717) is 0 Å². The molecule has 0 nitrogen and oxygen atoms in total. The highest BCUT2D eigenvalue weighted by Crippen LogP contribution is 2.44. The van der Waals surface area contributed by atoms with Crippen LogP contribution in [0.2, 0.25) is 0 Å². The smallest absolute Gasteiger partial charge is 0.123 e. The van der Waals surface area contributed by atoms with Gasteiger partial charge in [-0.3, -0.25) is 0 Å². The lowest BCUT2D eigenvalue weighted by atomic mass is 9.90. The van der Waals surface area contributed by atoms with Crippen LogP contribution in [0.4, 0.5) is 0 Å². The van der Waals surface area contributed by atoms with Crippen molar-refractivity contribution >= 4 is 46.4 Å². The Balaban J connectivity index is 2.55. The second-order valence-corrected chi connectivity index (χ2v) is 5.88. The first-order valence-corrected chi connectivity index (χ1v) is 5.29. The molecule has 2 atom stereocenters. The molecule has 0 bridgehead atoms. The van der Waals surface area contributed by atoms with Crippen molar-refractivity contribution in [3.05, 3.63) is 0 Å². The summed E-state index contributed by atoms with van der Waals surface area (Å²) in [6.45, 7) is 0. The zero-order valence-electron chi connectivity index (χ0n) is 5.99. The second kappa shape index (κ2) is 3.91. The van der Waals surface area contributed by atoms with Gasteiger partial charge in [-0.2, -0.15) is 0 Å². The van der Waals surface area contributed by atoms with Gasteiger partial charge >= 0.3 is 0 Å².